The molecule has 4 heteroatoms. The van der Waals surface area contributed by atoms with Gasteiger partial charge in [-0.05, 0) is 44.7 Å². The summed E-state index contributed by atoms with van der Waals surface area (Å²) in [6, 6.07) is 0. The highest BCUT2D eigenvalue weighted by molar-refractivity contribution is 5.69. The molecule has 1 heterocycles. The fourth-order valence-corrected chi connectivity index (χ4v) is 2.38. The van der Waals surface area contributed by atoms with E-state index in [0.717, 1.165) is 25.6 Å². The maximum atomic E-state index is 10.8. The molecule has 1 saturated heterocycles. The first-order chi connectivity index (χ1) is 7.74. The second-order valence-corrected chi connectivity index (χ2v) is 5.12. The predicted octanol–water partition coefficient (Wildman–Crippen LogP) is 0.879. The summed E-state index contributed by atoms with van der Waals surface area (Å²) in [5.74, 6) is 0.0833. The number of carboxylic acids is 1. The Hall–Kier alpha value is -0.610. The lowest BCUT2D eigenvalue weighted by Crippen LogP contribution is -2.38. The van der Waals surface area contributed by atoms with E-state index in [4.69, 9.17) is 5.11 Å². The summed E-state index contributed by atoms with van der Waals surface area (Å²) in [4.78, 5) is 15.3. The van der Waals surface area contributed by atoms with Crippen LogP contribution in [0, 0.1) is 5.92 Å². The Kier molecular flexibility index (Phi) is 4.18. The SMILES string of the molecule is O=C(O)CN(CCN1CCCC1)CC1CC1. The summed E-state index contributed by atoms with van der Waals surface area (Å²) in [5, 5.41) is 8.85. The normalized spacial score (nSPS) is 21.8. The number of nitrogens with zero attached hydrogens (tertiary/aromatic N) is 2. The van der Waals surface area contributed by atoms with Gasteiger partial charge in [0.05, 0.1) is 6.54 Å². The number of rotatable bonds is 7. The molecule has 0 amide bonds. The van der Waals surface area contributed by atoms with E-state index in [1.165, 1.54) is 38.8 Å². The van der Waals surface area contributed by atoms with Crippen LogP contribution >= 0.6 is 0 Å². The van der Waals surface area contributed by atoms with E-state index in [-0.39, 0.29) is 6.54 Å². The number of aliphatic carboxylic acids is 1. The molecule has 0 aromatic carbocycles. The third kappa shape index (κ3) is 4.10. The monoisotopic (exact) mass is 226 g/mol. The molecular formula is C12H22N2O2. The summed E-state index contributed by atoms with van der Waals surface area (Å²) in [6.07, 6.45) is 5.20. The van der Waals surface area contributed by atoms with Crippen molar-refractivity contribution in [3.63, 3.8) is 0 Å². The lowest BCUT2D eigenvalue weighted by Gasteiger charge is -2.23. The molecule has 92 valence electrons. The minimum absolute atomic E-state index is 0.213. The van der Waals surface area contributed by atoms with Crippen LogP contribution in [-0.2, 0) is 4.79 Å². The highest BCUT2D eigenvalue weighted by atomic mass is 16.4. The minimum Gasteiger partial charge on any atom is -0.480 e. The molecule has 1 N–H and O–H groups in total. The summed E-state index contributed by atoms with van der Waals surface area (Å²) < 4.78 is 0. The zero-order valence-electron chi connectivity index (χ0n) is 9.90. The Morgan fingerprint density at radius 2 is 2.00 bits per heavy atom. The first-order valence-electron chi connectivity index (χ1n) is 6.40. The molecule has 2 fully saturated rings. The van der Waals surface area contributed by atoms with Crippen LogP contribution < -0.4 is 0 Å². The zero-order valence-corrected chi connectivity index (χ0v) is 9.90. The highest BCUT2D eigenvalue weighted by Gasteiger charge is 2.25. The maximum Gasteiger partial charge on any atom is 0.317 e. The third-order valence-corrected chi connectivity index (χ3v) is 3.50. The van der Waals surface area contributed by atoms with Gasteiger partial charge >= 0.3 is 5.97 Å². The number of carbonyl (C=O) groups is 1. The van der Waals surface area contributed by atoms with Crippen LogP contribution in [0.5, 0.6) is 0 Å². The molecule has 16 heavy (non-hydrogen) atoms. The average molecular weight is 226 g/mol. The first kappa shape index (κ1) is 11.9. The van der Waals surface area contributed by atoms with Crippen LogP contribution in [0.25, 0.3) is 0 Å². The first-order valence-corrected chi connectivity index (χ1v) is 6.40. The summed E-state index contributed by atoms with van der Waals surface area (Å²) in [7, 11) is 0. The van der Waals surface area contributed by atoms with E-state index < -0.39 is 5.97 Å². The molecule has 1 aliphatic heterocycles. The van der Waals surface area contributed by atoms with Crippen LogP contribution in [0.3, 0.4) is 0 Å². The smallest absolute Gasteiger partial charge is 0.317 e. The minimum atomic E-state index is -0.693. The van der Waals surface area contributed by atoms with E-state index in [9.17, 15) is 4.79 Å². The van der Waals surface area contributed by atoms with E-state index in [1.807, 2.05) is 0 Å². The lowest BCUT2D eigenvalue weighted by molar-refractivity contribution is -0.138. The highest BCUT2D eigenvalue weighted by Crippen LogP contribution is 2.29. The lowest BCUT2D eigenvalue weighted by atomic mass is 10.3. The molecule has 0 aromatic heterocycles. The zero-order chi connectivity index (χ0) is 11.4. The van der Waals surface area contributed by atoms with Gasteiger partial charge in [-0.1, -0.05) is 0 Å². The standard InChI is InChI=1S/C12H22N2O2/c15-12(16)10-14(9-11-3-4-11)8-7-13-5-1-2-6-13/h11H,1-10H2,(H,15,16). The molecule has 0 bridgehead atoms. The van der Waals surface area contributed by atoms with Crippen molar-refractivity contribution in [2.24, 2.45) is 5.92 Å². The van der Waals surface area contributed by atoms with Gasteiger partial charge in [0.15, 0.2) is 0 Å². The van der Waals surface area contributed by atoms with Gasteiger partial charge < -0.3 is 10.0 Å². The Balaban J connectivity index is 1.69. The van der Waals surface area contributed by atoms with Crippen LogP contribution in [0.15, 0.2) is 0 Å². The quantitative estimate of drug-likeness (QED) is 0.700. The predicted molar refractivity (Wildman–Crippen MR) is 62.5 cm³/mol. The van der Waals surface area contributed by atoms with E-state index in [1.54, 1.807) is 0 Å². The molecule has 0 atom stereocenters. The molecule has 0 spiro atoms. The molecule has 0 aromatic rings. The van der Waals surface area contributed by atoms with E-state index in [2.05, 4.69) is 9.80 Å². The fourth-order valence-electron chi connectivity index (χ4n) is 2.38. The Morgan fingerprint density at radius 3 is 2.56 bits per heavy atom. The molecular weight excluding hydrogens is 204 g/mol. The van der Waals surface area contributed by atoms with Crippen LogP contribution in [-0.4, -0.2) is 60.1 Å². The second kappa shape index (κ2) is 5.64. The third-order valence-electron chi connectivity index (χ3n) is 3.50. The van der Waals surface area contributed by atoms with Crippen molar-refractivity contribution in [3.05, 3.63) is 0 Å². The van der Waals surface area contributed by atoms with Gasteiger partial charge in [-0.3, -0.25) is 9.69 Å². The van der Waals surface area contributed by atoms with Gasteiger partial charge in [0, 0.05) is 19.6 Å². The van der Waals surface area contributed by atoms with Crippen molar-refractivity contribution in [1.82, 2.24) is 9.80 Å². The van der Waals surface area contributed by atoms with Crippen LogP contribution in [0.2, 0.25) is 0 Å². The largest absolute Gasteiger partial charge is 0.480 e. The number of hydrogen-bond donors (Lipinski definition) is 1. The van der Waals surface area contributed by atoms with Gasteiger partial charge in [-0.25, -0.2) is 0 Å². The molecule has 0 unspecified atom stereocenters. The van der Waals surface area contributed by atoms with Gasteiger partial charge in [-0.15, -0.1) is 0 Å². The van der Waals surface area contributed by atoms with Gasteiger partial charge in [-0.2, -0.15) is 0 Å². The molecule has 4 nitrogen and oxygen atoms in total. The van der Waals surface area contributed by atoms with Crippen molar-refractivity contribution >= 4 is 5.97 Å². The Labute approximate surface area is 97.2 Å². The van der Waals surface area contributed by atoms with Gasteiger partial charge in [0.1, 0.15) is 0 Å². The number of hydrogen-bond acceptors (Lipinski definition) is 3. The van der Waals surface area contributed by atoms with Crippen LogP contribution in [0.4, 0.5) is 0 Å². The van der Waals surface area contributed by atoms with E-state index >= 15 is 0 Å². The topological polar surface area (TPSA) is 43.8 Å². The van der Waals surface area contributed by atoms with Crippen molar-refractivity contribution < 1.29 is 9.90 Å². The van der Waals surface area contributed by atoms with Gasteiger partial charge in [0.2, 0.25) is 0 Å². The van der Waals surface area contributed by atoms with Crippen molar-refractivity contribution in [2.75, 3.05) is 39.3 Å². The second-order valence-electron chi connectivity index (χ2n) is 5.12. The molecule has 1 saturated carbocycles. The summed E-state index contributed by atoms with van der Waals surface area (Å²) in [5.41, 5.74) is 0. The van der Waals surface area contributed by atoms with Crippen molar-refractivity contribution in [3.8, 4) is 0 Å². The average Bonchev–Trinajstić information content (AvgIpc) is 2.89. The van der Waals surface area contributed by atoms with Crippen LogP contribution in [0.1, 0.15) is 25.7 Å². The fraction of sp³-hybridized carbons (Fsp3) is 0.917. The van der Waals surface area contributed by atoms with Gasteiger partial charge in [0.25, 0.3) is 0 Å². The molecule has 2 rings (SSSR count). The number of carboxylic acid groups (broad SMARTS) is 1. The maximum absolute atomic E-state index is 10.8. The van der Waals surface area contributed by atoms with Crippen molar-refractivity contribution in [2.45, 2.75) is 25.7 Å². The van der Waals surface area contributed by atoms with Crippen molar-refractivity contribution in [1.29, 1.82) is 0 Å². The van der Waals surface area contributed by atoms with E-state index in [0.29, 0.717) is 0 Å². The Bertz CT molecular complexity index is 235. The Morgan fingerprint density at radius 1 is 1.31 bits per heavy atom. The summed E-state index contributed by atoms with van der Waals surface area (Å²) >= 11 is 0. The molecule has 1 aliphatic carbocycles. The molecule has 0 radical (unpaired) electrons. The molecule has 2 aliphatic rings. The number of likely N-dealkylation sites (tertiary alicyclic amines) is 1. The summed E-state index contributed by atoms with van der Waals surface area (Å²) in [6.45, 7) is 5.56.